The van der Waals surface area contributed by atoms with Crippen LogP contribution in [0.25, 0.3) is 0 Å². The lowest BCUT2D eigenvalue weighted by Crippen LogP contribution is -2.54. The smallest absolute Gasteiger partial charge is 0.323 e. The maximum absolute atomic E-state index is 11.4. The Hall–Kier alpha value is -0.610. The molecule has 1 aliphatic rings. The zero-order valence-corrected chi connectivity index (χ0v) is 10.9. The molecule has 0 aromatic heterocycles. The van der Waals surface area contributed by atoms with Crippen molar-refractivity contribution in [3.05, 3.63) is 0 Å². The average Bonchev–Trinajstić information content (AvgIpc) is 2.29. The second-order valence-electron chi connectivity index (χ2n) is 5.47. The molecular weight excluding hydrogens is 218 g/mol. The lowest BCUT2D eigenvalue weighted by atomic mass is 9.73. The number of carboxylic acid groups (broad SMARTS) is 1. The molecule has 0 atom stereocenters. The van der Waals surface area contributed by atoms with E-state index in [0.29, 0.717) is 37.6 Å². The third-order valence-electron chi connectivity index (χ3n) is 4.03. The van der Waals surface area contributed by atoms with E-state index in [4.69, 9.17) is 5.11 Å². The van der Waals surface area contributed by atoms with E-state index in [1.807, 2.05) is 0 Å². The van der Waals surface area contributed by atoms with Crippen LogP contribution in [-0.2, 0) is 4.79 Å². The normalized spacial score (nSPS) is 29.5. The van der Waals surface area contributed by atoms with Crippen molar-refractivity contribution >= 4 is 5.97 Å². The molecule has 0 heterocycles. The van der Waals surface area contributed by atoms with Crippen LogP contribution in [0.1, 0.15) is 46.0 Å². The van der Waals surface area contributed by atoms with E-state index in [1.54, 1.807) is 0 Å². The fraction of sp³-hybridized carbons (Fsp3) is 0.923. The van der Waals surface area contributed by atoms with Crippen LogP contribution in [0.15, 0.2) is 0 Å². The van der Waals surface area contributed by atoms with Crippen molar-refractivity contribution in [1.29, 1.82) is 0 Å². The minimum absolute atomic E-state index is 0.108. The second-order valence-corrected chi connectivity index (χ2v) is 5.47. The van der Waals surface area contributed by atoms with E-state index in [2.05, 4.69) is 19.2 Å². The van der Waals surface area contributed by atoms with Gasteiger partial charge in [-0.05, 0) is 50.5 Å². The van der Waals surface area contributed by atoms with Crippen molar-refractivity contribution in [2.24, 2.45) is 11.8 Å². The molecule has 4 heteroatoms. The van der Waals surface area contributed by atoms with Crippen LogP contribution in [0, 0.1) is 11.8 Å². The summed E-state index contributed by atoms with van der Waals surface area (Å²) in [6, 6.07) is 0. The molecule has 3 N–H and O–H groups in total. The van der Waals surface area contributed by atoms with E-state index < -0.39 is 11.5 Å². The molecule has 0 aromatic rings. The fourth-order valence-electron chi connectivity index (χ4n) is 2.67. The van der Waals surface area contributed by atoms with Crippen molar-refractivity contribution in [3.8, 4) is 0 Å². The summed E-state index contributed by atoms with van der Waals surface area (Å²) in [5.41, 5.74) is -0.749. The molecule has 1 aliphatic carbocycles. The average molecular weight is 243 g/mol. The molecule has 0 unspecified atom stereocenters. The summed E-state index contributed by atoms with van der Waals surface area (Å²) in [5.74, 6) is 0.555. The number of nitrogens with one attached hydrogen (secondary N) is 1. The number of aliphatic hydroxyl groups is 1. The van der Waals surface area contributed by atoms with Crippen molar-refractivity contribution in [2.45, 2.75) is 51.5 Å². The van der Waals surface area contributed by atoms with E-state index in [1.165, 1.54) is 0 Å². The largest absolute Gasteiger partial charge is 0.480 e. The van der Waals surface area contributed by atoms with E-state index in [-0.39, 0.29) is 6.61 Å². The van der Waals surface area contributed by atoms with Gasteiger partial charge in [-0.25, -0.2) is 0 Å². The predicted octanol–water partition coefficient (Wildman–Crippen LogP) is 1.63. The summed E-state index contributed by atoms with van der Waals surface area (Å²) in [5, 5.41) is 21.3. The summed E-state index contributed by atoms with van der Waals surface area (Å²) in [6.07, 6.45) is 3.99. The highest BCUT2D eigenvalue weighted by Gasteiger charge is 2.41. The maximum atomic E-state index is 11.4. The summed E-state index contributed by atoms with van der Waals surface area (Å²) in [7, 11) is 0. The summed E-state index contributed by atoms with van der Waals surface area (Å²) in [6.45, 7) is 5.10. The Bertz CT molecular complexity index is 245. The second kappa shape index (κ2) is 6.36. The molecule has 0 spiro atoms. The van der Waals surface area contributed by atoms with Gasteiger partial charge >= 0.3 is 5.97 Å². The highest BCUT2D eigenvalue weighted by molar-refractivity contribution is 5.78. The molecule has 1 rings (SSSR count). The molecule has 0 radical (unpaired) electrons. The number of hydrogen-bond acceptors (Lipinski definition) is 3. The fourth-order valence-corrected chi connectivity index (χ4v) is 2.67. The maximum Gasteiger partial charge on any atom is 0.323 e. The molecule has 0 aromatic carbocycles. The molecule has 4 nitrogen and oxygen atoms in total. The molecule has 0 saturated heterocycles. The molecule has 1 fully saturated rings. The molecule has 0 aliphatic heterocycles. The predicted molar refractivity (Wildman–Crippen MR) is 66.9 cm³/mol. The van der Waals surface area contributed by atoms with Gasteiger partial charge in [-0.3, -0.25) is 4.79 Å². The minimum Gasteiger partial charge on any atom is -0.480 e. The first kappa shape index (κ1) is 14.5. The molecule has 17 heavy (non-hydrogen) atoms. The monoisotopic (exact) mass is 243 g/mol. The molecule has 1 saturated carbocycles. The number of aliphatic hydroxyl groups excluding tert-OH is 1. The molecular formula is C13H25NO3. The number of carbonyl (C=O) groups is 1. The van der Waals surface area contributed by atoms with Gasteiger partial charge in [-0.1, -0.05) is 13.8 Å². The lowest BCUT2D eigenvalue weighted by Gasteiger charge is -2.39. The van der Waals surface area contributed by atoms with Crippen LogP contribution < -0.4 is 5.32 Å². The third-order valence-corrected chi connectivity index (χ3v) is 4.03. The van der Waals surface area contributed by atoms with Gasteiger partial charge in [-0.2, -0.15) is 0 Å². The van der Waals surface area contributed by atoms with Gasteiger partial charge in [0, 0.05) is 6.61 Å². The van der Waals surface area contributed by atoms with E-state index in [0.717, 1.165) is 12.8 Å². The first-order chi connectivity index (χ1) is 8.02. The van der Waals surface area contributed by atoms with Gasteiger partial charge in [0.2, 0.25) is 0 Å². The zero-order valence-electron chi connectivity index (χ0n) is 10.9. The summed E-state index contributed by atoms with van der Waals surface area (Å²) >= 11 is 0. The topological polar surface area (TPSA) is 69.6 Å². The van der Waals surface area contributed by atoms with Crippen LogP contribution in [0.4, 0.5) is 0 Å². The van der Waals surface area contributed by atoms with Crippen LogP contribution in [0.5, 0.6) is 0 Å². The molecule has 0 bridgehead atoms. The Kier molecular flexibility index (Phi) is 5.40. The lowest BCUT2D eigenvalue weighted by molar-refractivity contribution is -0.147. The Morgan fingerprint density at radius 2 is 2.00 bits per heavy atom. The number of carboxylic acids is 1. The molecule has 0 amide bonds. The van der Waals surface area contributed by atoms with Gasteiger partial charge in [0.25, 0.3) is 0 Å². The highest BCUT2D eigenvalue weighted by atomic mass is 16.4. The quantitative estimate of drug-likeness (QED) is 0.620. The first-order valence-electron chi connectivity index (χ1n) is 6.61. The Morgan fingerprint density at radius 1 is 1.41 bits per heavy atom. The van der Waals surface area contributed by atoms with Gasteiger partial charge in [0.1, 0.15) is 5.54 Å². The van der Waals surface area contributed by atoms with Crippen molar-refractivity contribution in [3.63, 3.8) is 0 Å². The number of rotatable bonds is 6. The van der Waals surface area contributed by atoms with Crippen molar-refractivity contribution in [2.75, 3.05) is 13.2 Å². The van der Waals surface area contributed by atoms with Crippen LogP contribution in [0.3, 0.4) is 0 Å². The molecule has 100 valence electrons. The van der Waals surface area contributed by atoms with Crippen molar-refractivity contribution in [1.82, 2.24) is 5.32 Å². The minimum atomic E-state index is -0.749. The third kappa shape index (κ3) is 3.68. The SMILES string of the molecule is CC(C)C1CCC(NCCCO)(C(=O)O)CC1. The van der Waals surface area contributed by atoms with E-state index >= 15 is 0 Å². The van der Waals surface area contributed by atoms with Gasteiger partial charge < -0.3 is 15.5 Å². The van der Waals surface area contributed by atoms with Gasteiger partial charge in [0.05, 0.1) is 0 Å². The van der Waals surface area contributed by atoms with Crippen LogP contribution in [0.2, 0.25) is 0 Å². The number of aliphatic carboxylic acids is 1. The van der Waals surface area contributed by atoms with Gasteiger partial charge in [0.15, 0.2) is 0 Å². The zero-order chi connectivity index (χ0) is 12.9. The van der Waals surface area contributed by atoms with E-state index in [9.17, 15) is 9.90 Å². The van der Waals surface area contributed by atoms with Crippen LogP contribution >= 0.6 is 0 Å². The van der Waals surface area contributed by atoms with Crippen LogP contribution in [-0.4, -0.2) is 34.9 Å². The Labute approximate surface area is 103 Å². The standard InChI is InChI=1S/C13H25NO3/c1-10(2)11-4-6-13(7-5-11,12(16)17)14-8-3-9-15/h10-11,14-15H,3-9H2,1-2H3,(H,16,17). The number of hydrogen-bond donors (Lipinski definition) is 3. The summed E-state index contributed by atoms with van der Waals surface area (Å²) in [4.78, 5) is 11.4. The first-order valence-corrected chi connectivity index (χ1v) is 6.61. The van der Waals surface area contributed by atoms with Crippen molar-refractivity contribution < 1.29 is 15.0 Å². The van der Waals surface area contributed by atoms with Gasteiger partial charge in [-0.15, -0.1) is 0 Å². The summed E-state index contributed by atoms with van der Waals surface area (Å²) < 4.78 is 0. The Balaban J connectivity index is 2.54. The Morgan fingerprint density at radius 3 is 2.41 bits per heavy atom. The highest BCUT2D eigenvalue weighted by Crippen LogP contribution is 2.36.